The van der Waals surface area contributed by atoms with Gasteiger partial charge in [-0.05, 0) is 43.8 Å². The van der Waals surface area contributed by atoms with Gasteiger partial charge in [-0.25, -0.2) is 0 Å². The number of rotatable bonds is 6. The number of carbonyl (C=O) groups excluding carboxylic acids is 1. The van der Waals surface area contributed by atoms with E-state index >= 15 is 0 Å². The lowest BCUT2D eigenvalue weighted by atomic mass is 10.2. The summed E-state index contributed by atoms with van der Waals surface area (Å²) in [6.07, 6.45) is 2.00. The van der Waals surface area contributed by atoms with E-state index in [1.165, 1.54) is 0 Å². The molecule has 6 heteroatoms. The van der Waals surface area contributed by atoms with E-state index in [2.05, 4.69) is 33.5 Å². The van der Waals surface area contributed by atoms with Crippen LogP contribution in [0.5, 0.6) is 5.75 Å². The van der Waals surface area contributed by atoms with Gasteiger partial charge in [-0.15, -0.1) is 0 Å². The van der Waals surface area contributed by atoms with E-state index in [-0.39, 0.29) is 5.91 Å². The lowest BCUT2D eigenvalue weighted by Gasteiger charge is -2.12. The SMILES string of the molecule is CCCCOc1ccc(Br)cc1C(=O)NC(=S)NCC. The molecule has 1 aromatic rings. The maximum absolute atomic E-state index is 12.2. The second-order valence-electron chi connectivity index (χ2n) is 4.16. The first-order valence-electron chi connectivity index (χ1n) is 6.60. The molecule has 0 radical (unpaired) electrons. The standard InChI is InChI=1S/C14H19BrN2O2S/c1-3-5-8-19-12-7-6-10(15)9-11(12)13(18)17-14(20)16-4-2/h6-7,9H,3-5,8H2,1-2H3,(H2,16,17,18,20). The largest absolute Gasteiger partial charge is 0.493 e. The van der Waals surface area contributed by atoms with E-state index in [1.54, 1.807) is 12.1 Å². The Morgan fingerprint density at radius 2 is 2.15 bits per heavy atom. The van der Waals surface area contributed by atoms with Crippen molar-refractivity contribution in [3.8, 4) is 5.75 Å². The fourth-order valence-corrected chi connectivity index (χ4v) is 2.11. The number of benzene rings is 1. The molecule has 0 heterocycles. The van der Waals surface area contributed by atoms with Crippen LogP contribution in [0.25, 0.3) is 0 Å². The third-order valence-electron chi connectivity index (χ3n) is 2.51. The first kappa shape index (κ1) is 16.9. The molecule has 0 aromatic heterocycles. The Labute approximate surface area is 133 Å². The third kappa shape index (κ3) is 5.46. The van der Waals surface area contributed by atoms with Crippen LogP contribution in [-0.4, -0.2) is 24.2 Å². The average Bonchev–Trinajstić information content (AvgIpc) is 2.40. The van der Waals surface area contributed by atoms with Gasteiger partial charge < -0.3 is 10.1 Å². The van der Waals surface area contributed by atoms with Gasteiger partial charge in [-0.3, -0.25) is 10.1 Å². The van der Waals surface area contributed by atoms with Gasteiger partial charge in [0.2, 0.25) is 0 Å². The average molecular weight is 359 g/mol. The number of halogens is 1. The number of unbranched alkanes of at least 4 members (excludes halogenated alkanes) is 1. The van der Waals surface area contributed by atoms with Gasteiger partial charge in [0.25, 0.3) is 5.91 Å². The summed E-state index contributed by atoms with van der Waals surface area (Å²) in [5.74, 6) is 0.294. The number of carbonyl (C=O) groups is 1. The van der Waals surface area contributed by atoms with Crippen LogP contribution < -0.4 is 15.4 Å². The van der Waals surface area contributed by atoms with Crippen molar-refractivity contribution in [3.05, 3.63) is 28.2 Å². The third-order valence-corrected chi connectivity index (χ3v) is 3.25. The number of nitrogens with one attached hydrogen (secondary N) is 2. The highest BCUT2D eigenvalue weighted by Crippen LogP contribution is 2.23. The van der Waals surface area contributed by atoms with Crippen LogP contribution in [-0.2, 0) is 0 Å². The van der Waals surface area contributed by atoms with Crippen molar-refractivity contribution in [2.75, 3.05) is 13.2 Å². The van der Waals surface area contributed by atoms with Crippen molar-refractivity contribution < 1.29 is 9.53 Å². The zero-order chi connectivity index (χ0) is 15.0. The molecular formula is C14H19BrN2O2S. The second kappa shape index (κ2) is 8.92. The number of hydrogen-bond donors (Lipinski definition) is 2. The van der Waals surface area contributed by atoms with Gasteiger partial charge >= 0.3 is 0 Å². The summed E-state index contributed by atoms with van der Waals surface area (Å²) in [7, 11) is 0. The van der Waals surface area contributed by atoms with Crippen molar-refractivity contribution in [2.24, 2.45) is 0 Å². The van der Waals surface area contributed by atoms with Crippen molar-refractivity contribution in [1.82, 2.24) is 10.6 Å². The van der Waals surface area contributed by atoms with E-state index in [0.717, 1.165) is 17.3 Å². The van der Waals surface area contributed by atoms with Crippen LogP contribution in [0.2, 0.25) is 0 Å². The van der Waals surface area contributed by atoms with Crippen molar-refractivity contribution in [2.45, 2.75) is 26.7 Å². The van der Waals surface area contributed by atoms with Gasteiger partial charge in [0, 0.05) is 11.0 Å². The predicted octanol–water partition coefficient (Wildman–Crippen LogP) is 3.25. The Hall–Kier alpha value is -1.14. The molecule has 0 aliphatic rings. The van der Waals surface area contributed by atoms with Crippen LogP contribution in [0.4, 0.5) is 0 Å². The Kier molecular flexibility index (Phi) is 7.54. The molecular weight excluding hydrogens is 340 g/mol. The van der Waals surface area contributed by atoms with Crippen LogP contribution in [0.1, 0.15) is 37.0 Å². The Balaban J connectivity index is 2.82. The molecule has 0 aliphatic heterocycles. The molecule has 0 atom stereocenters. The highest BCUT2D eigenvalue weighted by Gasteiger charge is 2.14. The van der Waals surface area contributed by atoms with Gasteiger partial charge in [0.15, 0.2) is 5.11 Å². The Morgan fingerprint density at radius 3 is 2.80 bits per heavy atom. The van der Waals surface area contributed by atoms with E-state index in [9.17, 15) is 4.79 Å². The quantitative estimate of drug-likeness (QED) is 0.605. The topological polar surface area (TPSA) is 50.4 Å². The minimum absolute atomic E-state index is 0.274. The van der Waals surface area contributed by atoms with Gasteiger partial charge in [-0.2, -0.15) is 0 Å². The van der Waals surface area contributed by atoms with E-state index in [1.807, 2.05) is 13.0 Å². The summed E-state index contributed by atoms with van der Waals surface area (Å²) in [6, 6.07) is 5.36. The highest BCUT2D eigenvalue weighted by atomic mass is 79.9. The fraction of sp³-hybridized carbons (Fsp3) is 0.429. The molecule has 110 valence electrons. The summed E-state index contributed by atoms with van der Waals surface area (Å²) in [5.41, 5.74) is 0.468. The predicted molar refractivity (Wildman–Crippen MR) is 88.3 cm³/mol. The van der Waals surface area contributed by atoms with Crippen molar-refractivity contribution in [1.29, 1.82) is 0 Å². The van der Waals surface area contributed by atoms with Crippen molar-refractivity contribution >= 4 is 39.2 Å². The number of ether oxygens (including phenoxy) is 1. The molecule has 4 nitrogen and oxygen atoms in total. The molecule has 0 saturated carbocycles. The zero-order valence-electron chi connectivity index (χ0n) is 11.7. The Morgan fingerprint density at radius 1 is 1.40 bits per heavy atom. The smallest absolute Gasteiger partial charge is 0.261 e. The number of amides is 1. The Bertz CT molecular complexity index is 480. The van der Waals surface area contributed by atoms with E-state index in [0.29, 0.717) is 29.6 Å². The minimum Gasteiger partial charge on any atom is -0.493 e. The van der Waals surface area contributed by atoms with Crippen LogP contribution in [0, 0.1) is 0 Å². The fourth-order valence-electron chi connectivity index (χ4n) is 1.51. The second-order valence-corrected chi connectivity index (χ2v) is 5.48. The summed E-state index contributed by atoms with van der Waals surface area (Å²) >= 11 is 8.38. The van der Waals surface area contributed by atoms with Crippen molar-refractivity contribution in [3.63, 3.8) is 0 Å². The molecule has 0 aliphatic carbocycles. The first-order valence-corrected chi connectivity index (χ1v) is 7.80. The minimum atomic E-state index is -0.274. The molecule has 1 amide bonds. The molecule has 0 bridgehead atoms. The lowest BCUT2D eigenvalue weighted by Crippen LogP contribution is -2.39. The van der Waals surface area contributed by atoms with Gasteiger partial charge in [0.1, 0.15) is 5.75 Å². The molecule has 0 saturated heterocycles. The van der Waals surface area contributed by atoms with Gasteiger partial charge in [0.05, 0.1) is 12.2 Å². The molecule has 2 N–H and O–H groups in total. The first-order chi connectivity index (χ1) is 9.58. The van der Waals surface area contributed by atoms with E-state index in [4.69, 9.17) is 17.0 Å². The monoisotopic (exact) mass is 358 g/mol. The summed E-state index contributed by atoms with van der Waals surface area (Å²) < 4.78 is 6.47. The lowest BCUT2D eigenvalue weighted by molar-refractivity contribution is 0.0972. The molecule has 20 heavy (non-hydrogen) atoms. The van der Waals surface area contributed by atoms with E-state index < -0.39 is 0 Å². The maximum Gasteiger partial charge on any atom is 0.261 e. The summed E-state index contributed by atoms with van der Waals surface area (Å²) in [5, 5.41) is 5.83. The molecule has 0 unspecified atom stereocenters. The van der Waals surface area contributed by atoms with Crippen LogP contribution in [0.3, 0.4) is 0 Å². The number of thiocarbonyl (C=S) groups is 1. The molecule has 0 spiro atoms. The normalized spacial score (nSPS) is 9.95. The highest BCUT2D eigenvalue weighted by molar-refractivity contribution is 9.10. The number of hydrogen-bond acceptors (Lipinski definition) is 3. The molecule has 1 rings (SSSR count). The summed E-state index contributed by atoms with van der Waals surface area (Å²) in [6.45, 7) is 5.26. The van der Waals surface area contributed by atoms with Crippen LogP contribution in [0.15, 0.2) is 22.7 Å². The molecule has 1 aromatic carbocycles. The summed E-state index contributed by atoms with van der Waals surface area (Å²) in [4.78, 5) is 12.2. The van der Waals surface area contributed by atoms with Crippen LogP contribution >= 0.6 is 28.1 Å². The molecule has 0 fully saturated rings. The maximum atomic E-state index is 12.2. The zero-order valence-corrected chi connectivity index (χ0v) is 14.1. The van der Waals surface area contributed by atoms with Gasteiger partial charge in [-0.1, -0.05) is 29.3 Å².